The Morgan fingerprint density at radius 3 is 2.96 bits per heavy atom. The molecule has 3 heterocycles. The van der Waals surface area contributed by atoms with Crippen molar-refractivity contribution in [3.05, 3.63) is 24.2 Å². The second-order valence-electron chi connectivity index (χ2n) is 7.20. The summed E-state index contributed by atoms with van der Waals surface area (Å²) < 4.78 is 5.39. The smallest absolute Gasteiger partial charge is 0.241 e. The van der Waals surface area contributed by atoms with Gasteiger partial charge in [0.1, 0.15) is 5.82 Å². The molecule has 1 aliphatic heterocycles. The molecule has 3 rings (SSSR count). The Kier molecular flexibility index (Phi) is 6.02. The van der Waals surface area contributed by atoms with Crippen molar-refractivity contribution in [3.8, 4) is 11.4 Å². The first-order chi connectivity index (χ1) is 12.2. The third-order valence-electron chi connectivity index (χ3n) is 4.75. The minimum atomic E-state index is 0.616. The molecule has 6 heteroatoms. The molecule has 0 bridgehead atoms. The van der Waals surface area contributed by atoms with Crippen molar-refractivity contribution in [2.24, 2.45) is 5.92 Å². The third-order valence-corrected chi connectivity index (χ3v) is 4.75. The summed E-state index contributed by atoms with van der Waals surface area (Å²) in [4.78, 5) is 13.7. The van der Waals surface area contributed by atoms with Gasteiger partial charge in [0.2, 0.25) is 11.7 Å². The molecule has 2 aromatic heterocycles. The lowest BCUT2D eigenvalue weighted by atomic mass is 10.0. The van der Waals surface area contributed by atoms with Crippen molar-refractivity contribution in [1.82, 2.24) is 20.0 Å². The van der Waals surface area contributed by atoms with E-state index in [2.05, 4.69) is 51.9 Å². The van der Waals surface area contributed by atoms with Crippen LogP contribution < -0.4 is 4.90 Å². The van der Waals surface area contributed by atoms with Crippen molar-refractivity contribution >= 4 is 5.82 Å². The molecule has 1 unspecified atom stereocenters. The van der Waals surface area contributed by atoms with Gasteiger partial charge in [0.05, 0.1) is 6.54 Å². The van der Waals surface area contributed by atoms with E-state index in [0.29, 0.717) is 18.3 Å². The number of aromatic nitrogens is 3. The van der Waals surface area contributed by atoms with Crippen LogP contribution in [0.2, 0.25) is 0 Å². The lowest BCUT2D eigenvalue weighted by Gasteiger charge is -2.31. The van der Waals surface area contributed by atoms with E-state index in [0.717, 1.165) is 36.9 Å². The van der Waals surface area contributed by atoms with Gasteiger partial charge in [0.15, 0.2) is 0 Å². The number of anilines is 1. The zero-order valence-corrected chi connectivity index (χ0v) is 15.6. The Balaban J connectivity index is 1.62. The van der Waals surface area contributed by atoms with Crippen LogP contribution >= 0.6 is 0 Å². The highest BCUT2D eigenvalue weighted by Crippen LogP contribution is 2.23. The second kappa shape index (κ2) is 8.43. The van der Waals surface area contributed by atoms with Crippen LogP contribution in [0.1, 0.15) is 45.4 Å². The van der Waals surface area contributed by atoms with Gasteiger partial charge in [-0.15, -0.1) is 0 Å². The van der Waals surface area contributed by atoms with Gasteiger partial charge in [0, 0.05) is 24.8 Å². The Hall–Kier alpha value is -1.95. The quantitative estimate of drug-likeness (QED) is 0.765. The number of pyridine rings is 1. The highest BCUT2D eigenvalue weighted by molar-refractivity contribution is 5.55. The number of nitrogens with zero attached hydrogens (tertiary/aromatic N) is 5. The van der Waals surface area contributed by atoms with E-state index in [9.17, 15) is 0 Å². The Bertz CT molecular complexity index is 654. The molecule has 0 aliphatic carbocycles. The minimum Gasteiger partial charge on any atom is -0.356 e. The maximum atomic E-state index is 5.39. The lowest BCUT2D eigenvalue weighted by Crippen LogP contribution is -2.34. The molecule has 1 saturated heterocycles. The fraction of sp³-hybridized carbons (Fsp3) is 0.632. The molecular formula is C19H29N5O. The van der Waals surface area contributed by atoms with Gasteiger partial charge in [-0.05, 0) is 50.9 Å². The third kappa shape index (κ3) is 4.78. The maximum Gasteiger partial charge on any atom is 0.241 e. The zero-order chi connectivity index (χ0) is 17.6. The van der Waals surface area contributed by atoms with Crippen LogP contribution in [0.15, 0.2) is 22.9 Å². The second-order valence-corrected chi connectivity index (χ2v) is 7.20. The molecule has 0 radical (unpaired) electrons. The Morgan fingerprint density at radius 2 is 2.24 bits per heavy atom. The molecule has 0 amide bonds. The van der Waals surface area contributed by atoms with Crippen LogP contribution in [0.5, 0.6) is 0 Å². The van der Waals surface area contributed by atoms with Crippen LogP contribution in [0.3, 0.4) is 0 Å². The molecular weight excluding hydrogens is 314 g/mol. The molecule has 1 atom stereocenters. The lowest BCUT2D eigenvalue weighted by molar-refractivity contribution is 0.264. The highest BCUT2D eigenvalue weighted by Gasteiger charge is 2.18. The van der Waals surface area contributed by atoms with E-state index in [1.54, 1.807) is 0 Å². The largest absolute Gasteiger partial charge is 0.356 e. The topological polar surface area (TPSA) is 58.3 Å². The van der Waals surface area contributed by atoms with Crippen LogP contribution in [-0.4, -0.2) is 46.7 Å². The van der Waals surface area contributed by atoms with E-state index < -0.39 is 0 Å². The summed E-state index contributed by atoms with van der Waals surface area (Å²) in [6.45, 7) is 8.40. The molecule has 25 heavy (non-hydrogen) atoms. The van der Waals surface area contributed by atoms with Gasteiger partial charge in [-0.1, -0.05) is 25.4 Å². The molecule has 6 nitrogen and oxygen atoms in total. The SMILES string of the molecule is CCCCN(C)Cc1nc(-c2ccc(N3CCCC(C)C3)nc2)no1. The Morgan fingerprint density at radius 1 is 1.36 bits per heavy atom. The molecule has 0 saturated carbocycles. The van der Waals surface area contributed by atoms with Crippen LogP contribution in [0, 0.1) is 5.92 Å². The first-order valence-corrected chi connectivity index (χ1v) is 9.38. The predicted molar refractivity (Wildman–Crippen MR) is 99.4 cm³/mol. The van der Waals surface area contributed by atoms with Gasteiger partial charge in [-0.25, -0.2) is 4.98 Å². The van der Waals surface area contributed by atoms with E-state index in [-0.39, 0.29) is 0 Å². The minimum absolute atomic E-state index is 0.616. The van der Waals surface area contributed by atoms with E-state index >= 15 is 0 Å². The number of rotatable bonds is 7. The monoisotopic (exact) mass is 343 g/mol. The van der Waals surface area contributed by atoms with Crippen molar-refractivity contribution in [3.63, 3.8) is 0 Å². The molecule has 1 fully saturated rings. The van der Waals surface area contributed by atoms with Crippen LogP contribution in [-0.2, 0) is 6.54 Å². The van der Waals surface area contributed by atoms with Crippen molar-refractivity contribution < 1.29 is 4.52 Å². The number of unbranched alkanes of at least 4 members (excludes halogenated alkanes) is 1. The van der Waals surface area contributed by atoms with Gasteiger partial charge in [-0.3, -0.25) is 4.90 Å². The van der Waals surface area contributed by atoms with Crippen LogP contribution in [0.25, 0.3) is 11.4 Å². The average molecular weight is 343 g/mol. The molecule has 0 aromatic carbocycles. The summed E-state index contributed by atoms with van der Waals surface area (Å²) in [5.74, 6) is 3.05. The summed E-state index contributed by atoms with van der Waals surface area (Å²) in [5.41, 5.74) is 0.903. The fourth-order valence-corrected chi connectivity index (χ4v) is 3.28. The van der Waals surface area contributed by atoms with Gasteiger partial charge < -0.3 is 9.42 Å². The number of piperidine rings is 1. The normalized spacial score (nSPS) is 18.1. The first-order valence-electron chi connectivity index (χ1n) is 9.38. The van der Waals surface area contributed by atoms with Crippen molar-refractivity contribution in [2.45, 2.75) is 46.1 Å². The van der Waals surface area contributed by atoms with Gasteiger partial charge in [0.25, 0.3) is 0 Å². The summed E-state index contributed by atoms with van der Waals surface area (Å²) in [6.07, 6.45) is 6.77. The molecule has 136 valence electrons. The number of hydrogen-bond donors (Lipinski definition) is 0. The molecule has 2 aromatic rings. The summed E-state index contributed by atoms with van der Waals surface area (Å²) in [5, 5.41) is 4.11. The molecule has 0 N–H and O–H groups in total. The predicted octanol–water partition coefficient (Wildman–Crippen LogP) is 3.60. The van der Waals surface area contributed by atoms with E-state index in [1.165, 1.54) is 25.7 Å². The van der Waals surface area contributed by atoms with Crippen molar-refractivity contribution in [2.75, 3.05) is 31.6 Å². The molecule has 0 spiro atoms. The van der Waals surface area contributed by atoms with Crippen molar-refractivity contribution in [1.29, 1.82) is 0 Å². The first kappa shape index (κ1) is 17.9. The zero-order valence-electron chi connectivity index (χ0n) is 15.6. The van der Waals surface area contributed by atoms with E-state index in [1.807, 2.05) is 12.3 Å². The highest BCUT2D eigenvalue weighted by atomic mass is 16.5. The fourth-order valence-electron chi connectivity index (χ4n) is 3.28. The molecule has 1 aliphatic rings. The maximum absolute atomic E-state index is 5.39. The Labute approximate surface area is 150 Å². The average Bonchev–Trinajstić information content (AvgIpc) is 3.08. The summed E-state index contributed by atoms with van der Waals surface area (Å²) >= 11 is 0. The summed E-state index contributed by atoms with van der Waals surface area (Å²) in [7, 11) is 2.08. The van der Waals surface area contributed by atoms with Gasteiger partial charge in [-0.2, -0.15) is 4.98 Å². The standard InChI is InChI=1S/C19H29N5O/c1-4-5-10-23(3)14-18-21-19(22-25-18)16-8-9-17(20-12-16)24-11-6-7-15(2)13-24/h8-9,12,15H,4-7,10-11,13-14H2,1-3H3. The van der Waals surface area contributed by atoms with Crippen LogP contribution in [0.4, 0.5) is 5.82 Å². The van der Waals surface area contributed by atoms with Gasteiger partial charge >= 0.3 is 0 Å². The summed E-state index contributed by atoms with van der Waals surface area (Å²) in [6, 6.07) is 4.10. The number of hydrogen-bond acceptors (Lipinski definition) is 6. The van der Waals surface area contributed by atoms with E-state index in [4.69, 9.17) is 4.52 Å².